The fourth-order valence-corrected chi connectivity index (χ4v) is 2.83. The van der Waals surface area contributed by atoms with Crippen LogP contribution in [0, 0.1) is 5.92 Å². The molecule has 1 aliphatic carbocycles. The topological polar surface area (TPSA) is 44.5 Å². The zero-order chi connectivity index (χ0) is 14.2. The molecule has 1 aromatic rings. The summed E-state index contributed by atoms with van der Waals surface area (Å²) in [5, 5.41) is 0. The van der Waals surface area contributed by atoms with Crippen molar-refractivity contribution in [2.45, 2.75) is 51.6 Å². The Bertz CT molecular complexity index is 377. The molecule has 1 aromatic carbocycles. The van der Waals surface area contributed by atoms with Gasteiger partial charge in [0.1, 0.15) is 5.75 Å². The van der Waals surface area contributed by atoms with Crippen LogP contribution in [0.2, 0.25) is 0 Å². The first kappa shape index (κ1) is 15.2. The Balaban J connectivity index is 1.56. The molecule has 0 spiro atoms. The lowest BCUT2D eigenvalue weighted by molar-refractivity contribution is 0.00767. The molecule has 0 aromatic heterocycles. The van der Waals surface area contributed by atoms with Crippen molar-refractivity contribution < 1.29 is 9.47 Å². The highest BCUT2D eigenvalue weighted by molar-refractivity contribution is 5.41. The number of rotatable bonds is 7. The molecule has 0 radical (unpaired) electrons. The predicted octanol–water partition coefficient (Wildman–Crippen LogP) is 4.02. The molecule has 0 aliphatic heterocycles. The van der Waals surface area contributed by atoms with E-state index in [1.807, 2.05) is 24.3 Å². The third kappa shape index (κ3) is 5.04. The lowest BCUT2D eigenvalue weighted by Gasteiger charge is -2.28. The summed E-state index contributed by atoms with van der Waals surface area (Å²) in [6.07, 6.45) is 7.90. The van der Waals surface area contributed by atoms with Gasteiger partial charge in [0.05, 0.1) is 19.3 Å². The molecule has 1 fully saturated rings. The van der Waals surface area contributed by atoms with Gasteiger partial charge in [-0.25, -0.2) is 0 Å². The number of hydrogen-bond acceptors (Lipinski definition) is 3. The van der Waals surface area contributed by atoms with Gasteiger partial charge < -0.3 is 15.2 Å². The van der Waals surface area contributed by atoms with Crippen LogP contribution in [-0.2, 0) is 4.74 Å². The van der Waals surface area contributed by atoms with Crippen LogP contribution < -0.4 is 10.5 Å². The summed E-state index contributed by atoms with van der Waals surface area (Å²) in [5.74, 6) is 1.75. The van der Waals surface area contributed by atoms with E-state index in [9.17, 15) is 0 Å². The predicted molar refractivity (Wildman–Crippen MR) is 83.0 cm³/mol. The van der Waals surface area contributed by atoms with Crippen molar-refractivity contribution in [3.63, 3.8) is 0 Å². The van der Waals surface area contributed by atoms with Gasteiger partial charge in [0.15, 0.2) is 0 Å². The molecular weight excluding hydrogens is 250 g/mol. The Hall–Kier alpha value is -1.22. The quantitative estimate of drug-likeness (QED) is 0.604. The van der Waals surface area contributed by atoms with Crippen molar-refractivity contribution >= 4 is 5.69 Å². The van der Waals surface area contributed by atoms with E-state index >= 15 is 0 Å². The highest BCUT2D eigenvalue weighted by Gasteiger charge is 2.20. The molecule has 2 atom stereocenters. The SMILES string of the molecule is CCC1CCCC(OCCCOc2ccc(N)cc2)C1. The molecule has 2 rings (SSSR count). The fraction of sp³-hybridized carbons (Fsp3) is 0.647. The molecule has 0 bridgehead atoms. The van der Waals surface area contributed by atoms with E-state index in [0.29, 0.717) is 12.7 Å². The Labute approximate surface area is 122 Å². The van der Waals surface area contributed by atoms with E-state index in [4.69, 9.17) is 15.2 Å². The molecule has 1 saturated carbocycles. The minimum atomic E-state index is 0.477. The summed E-state index contributed by atoms with van der Waals surface area (Å²) in [5.41, 5.74) is 6.40. The second kappa shape index (κ2) is 8.15. The lowest BCUT2D eigenvalue weighted by atomic mass is 9.85. The Morgan fingerprint density at radius 1 is 1.15 bits per heavy atom. The summed E-state index contributed by atoms with van der Waals surface area (Å²) in [6, 6.07) is 7.53. The van der Waals surface area contributed by atoms with E-state index in [1.54, 1.807) is 0 Å². The van der Waals surface area contributed by atoms with Gasteiger partial charge in [0.2, 0.25) is 0 Å². The van der Waals surface area contributed by atoms with Gasteiger partial charge in [-0.15, -0.1) is 0 Å². The van der Waals surface area contributed by atoms with Gasteiger partial charge in [-0.05, 0) is 43.0 Å². The summed E-state index contributed by atoms with van der Waals surface area (Å²) < 4.78 is 11.6. The van der Waals surface area contributed by atoms with Gasteiger partial charge in [0.25, 0.3) is 0 Å². The first-order valence-electron chi connectivity index (χ1n) is 7.88. The summed E-state index contributed by atoms with van der Waals surface area (Å²) >= 11 is 0. The van der Waals surface area contributed by atoms with Gasteiger partial charge in [0, 0.05) is 12.1 Å². The van der Waals surface area contributed by atoms with E-state index in [2.05, 4.69) is 6.92 Å². The molecule has 0 heterocycles. The second-order valence-electron chi connectivity index (χ2n) is 5.70. The molecule has 20 heavy (non-hydrogen) atoms. The van der Waals surface area contributed by atoms with E-state index in [-0.39, 0.29) is 0 Å². The molecule has 3 nitrogen and oxygen atoms in total. The maximum absolute atomic E-state index is 5.97. The van der Waals surface area contributed by atoms with Crippen molar-refractivity contribution in [2.75, 3.05) is 18.9 Å². The first-order chi connectivity index (χ1) is 9.78. The number of nitrogens with two attached hydrogens (primary N) is 1. The minimum absolute atomic E-state index is 0.477. The van der Waals surface area contributed by atoms with Crippen LogP contribution in [-0.4, -0.2) is 19.3 Å². The molecule has 3 heteroatoms. The summed E-state index contributed by atoms with van der Waals surface area (Å²) in [7, 11) is 0. The van der Waals surface area contributed by atoms with Crippen LogP contribution in [0.25, 0.3) is 0 Å². The van der Waals surface area contributed by atoms with Gasteiger partial charge >= 0.3 is 0 Å². The normalized spacial score (nSPS) is 22.6. The van der Waals surface area contributed by atoms with Crippen molar-refractivity contribution in [3.05, 3.63) is 24.3 Å². The molecule has 2 unspecified atom stereocenters. The number of nitrogen functional groups attached to an aromatic ring is 1. The highest BCUT2D eigenvalue weighted by atomic mass is 16.5. The second-order valence-corrected chi connectivity index (χ2v) is 5.70. The molecule has 0 saturated heterocycles. The smallest absolute Gasteiger partial charge is 0.119 e. The Kier molecular flexibility index (Phi) is 6.19. The largest absolute Gasteiger partial charge is 0.494 e. The average molecular weight is 277 g/mol. The van der Waals surface area contributed by atoms with Crippen LogP contribution in [0.5, 0.6) is 5.75 Å². The number of ether oxygens (including phenoxy) is 2. The Morgan fingerprint density at radius 2 is 1.95 bits per heavy atom. The zero-order valence-electron chi connectivity index (χ0n) is 12.5. The number of benzene rings is 1. The third-order valence-electron chi connectivity index (χ3n) is 4.10. The van der Waals surface area contributed by atoms with Crippen LogP contribution in [0.4, 0.5) is 5.69 Å². The monoisotopic (exact) mass is 277 g/mol. The van der Waals surface area contributed by atoms with Gasteiger partial charge in [-0.2, -0.15) is 0 Å². The third-order valence-corrected chi connectivity index (χ3v) is 4.10. The van der Waals surface area contributed by atoms with E-state index < -0.39 is 0 Å². The van der Waals surface area contributed by atoms with Gasteiger partial charge in [-0.1, -0.05) is 26.2 Å². The molecular formula is C17H27NO2. The zero-order valence-corrected chi connectivity index (χ0v) is 12.5. The minimum Gasteiger partial charge on any atom is -0.494 e. The number of anilines is 1. The van der Waals surface area contributed by atoms with E-state index in [0.717, 1.165) is 30.4 Å². The van der Waals surface area contributed by atoms with E-state index in [1.165, 1.54) is 32.1 Å². The number of hydrogen-bond donors (Lipinski definition) is 1. The van der Waals surface area contributed by atoms with Crippen molar-refractivity contribution in [1.29, 1.82) is 0 Å². The first-order valence-corrected chi connectivity index (χ1v) is 7.88. The molecule has 0 amide bonds. The van der Waals surface area contributed by atoms with Gasteiger partial charge in [-0.3, -0.25) is 0 Å². The fourth-order valence-electron chi connectivity index (χ4n) is 2.83. The summed E-state index contributed by atoms with van der Waals surface area (Å²) in [4.78, 5) is 0. The summed E-state index contributed by atoms with van der Waals surface area (Å²) in [6.45, 7) is 3.79. The highest BCUT2D eigenvalue weighted by Crippen LogP contribution is 2.28. The molecule has 112 valence electrons. The Morgan fingerprint density at radius 3 is 2.70 bits per heavy atom. The van der Waals surface area contributed by atoms with Crippen LogP contribution in [0.3, 0.4) is 0 Å². The van der Waals surface area contributed by atoms with Crippen LogP contribution >= 0.6 is 0 Å². The average Bonchev–Trinajstić information content (AvgIpc) is 2.49. The standard InChI is InChI=1S/C17H27NO2/c1-2-14-5-3-6-17(13-14)20-12-4-11-19-16-9-7-15(18)8-10-16/h7-10,14,17H,2-6,11-13,18H2,1H3. The van der Waals surface area contributed by atoms with Crippen molar-refractivity contribution in [1.82, 2.24) is 0 Å². The van der Waals surface area contributed by atoms with Crippen LogP contribution in [0.15, 0.2) is 24.3 Å². The maximum Gasteiger partial charge on any atom is 0.119 e. The molecule has 1 aliphatic rings. The van der Waals surface area contributed by atoms with Crippen molar-refractivity contribution in [3.8, 4) is 5.75 Å². The molecule has 2 N–H and O–H groups in total. The maximum atomic E-state index is 5.97. The lowest BCUT2D eigenvalue weighted by Crippen LogP contribution is -2.23. The van der Waals surface area contributed by atoms with Crippen LogP contribution in [0.1, 0.15) is 45.4 Å². The van der Waals surface area contributed by atoms with Crippen molar-refractivity contribution in [2.24, 2.45) is 5.92 Å².